The van der Waals surface area contributed by atoms with Gasteiger partial charge in [-0.2, -0.15) is 0 Å². The molecule has 3 aliphatic heterocycles. The molecule has 3 aromatic rings. The van der Waals surface area contributed by atoms with Gasteiger partial charge in [0.25, 0.3) is 0 Å². The minimum atomic E-state index is -0.315. The lowest BCUT2D eigenvalue weighted by atomic mass is 10.0. The van der Waals surface area contributed by atoms with Crippen LogP contribution in [0.5, 0.6) is 0 Å². The molecule has 168 valence electrons. The van der Waals surface area contributed by atoms with Crippen molar-refractivity contribution in [3.63, 3.8) is 0 Å². The fourth-order valence-corrected chi connectivity index (χ4v) is 5.60. The number of para-hydroxylation sites is 1. The number of aromatic nitrogens is 1. The molecule has 2 atom stereocenters. The highest BCUT2D eigenvalue weighted by molar-refractivity contribution is 6.40. The van der Waals surface area contributed by atoms with Crippen LogP contribution in [0.3, 0.4) is 0 Å². The van der Waals surface area contributed by atoms with E-state index in [0.717, 1.165) is 36.5 Å². The number of nitrogens with zero attached hydrogens (tertiary/aromatic N) is 3. The minimum absolute atomic E-state index is 0.292. The summed E-state index contributed by atoms with van der Waals surface area (Å²) >= 11 is 13.0. The van der Waals surface area contributed by atoms with Crippen LogP contribution < -0.4 is 20.4 Å². The van der Waals surface area contributed by atoms with Crippen LogP contribution in [0.1, 0.15) is 12.0 Å². The zero-order valence-electron chi connectivity index (χ0n) is 17.5. The molecule has 6 nitrogen and oxygen atoms in total. The molecule has 0 radical (unpaired) electrons. The fourth-order valence-electron chi connectivity index (χ4n) is 5.03. The molecular weight excluding hydrogens is 464 g/mol. The van der Waals surface area contributed by atoms with Gasteiger partial charge in [-0.15, -0.1) is 0 Å². The highest BCUT2D eigenvalue weighted by Crippen LogP contribution is 2.44. The summed E-state index contributed by atoms with van der Waals surface area (Å²) in [6, 6.07) is 13.8. The van der Waals surface area contributed by atoms with E-state index in [1.807, 2.05) is 6.07 Å². The third-order valence-corrected chi connectivity index (χ3v) is 7.19. The molecule has 2 bridgehead atoms. The molecule has 1 aromatic heterocycles. The van der Waals surface area contributed by atoms with E-state index in [0.29, 0.717) is 45.7 Å². The van der Waals surface area contributed by atoms with E-state index >= 15 is 0 Å². The van der Waals surface area contributed by atoms with Gasteiger partial charge in [-0.25, -0.2) is 14.2 Å². The molecule has 33 heavy (non-hydrogen) atoms. The second-order valence-electron chi connectivity index (χ2n) is 8.55. The first-order valence-electron chi connectivity index (χ1n) is 10.8. The van der Waals surface area contributed by atoms with Crippen molar-refractivity contribution in [1.29, 1.82) is 0 Å². The van der Waals surface area contributed by atoms with E-state index < -0.39 is 0 Å². The topological polar surface area (TPSA) is 60.5 Å². The van der Waals surface area contributed by atoms with Gasteiger partial charge in [0.05, 0.1) is 27.1 Å². The molecular formula is C24H20Cl2FN5O. The largest absolute Gasteiger partial charge is 0.351 e. The molecule has 0 saturated carbocycles. The molecule has 2 unspecified atom stereocenters. The van der Waals surface area contributed by atoms with Crippen LogP contribution in [-0.2, 0) is 6.54 Å². The molecule has 2 aromatic carbocycles. The third-order valence-electron chi connectivity index (χ3n) is 6.58. The number of nitrogens with one attached hydrogen (secondary N) is 2. The van der Waals surface area contributed by atoms with Gasteiger partial charge in [0.2, 0.25) is 0 Å². The Balaban J connectivity index is 1.58. The van der Waals surface area contributed by atoms with E-state index in [2.05, 4.69) is 15.5 Å². The lowest BCUT2D eigenvalue weighted by molar-refractivity contribution is 0.247. The van der Waals surface area contributed by atoms with Crippen molar-refractivity contribution in [3.05, 3.63) is 70.0 Å². The Kier molecular flexibility index (Phi) is 4.94. The van der Waals surface area contributed by atoms with E-state index in [1.165, 1.54) is 17.0 Å². The summed E-state index contributed by atoms with van der Waals surface area (Å²) in [7, 11) is 0. The number of carbonyl (C=O) groups excluding carboxylic acids is 1. The molecule has 0 spiro atoms. The van der Waals surface area contributed by atoms with Gasteiger partial charge in [0.1, 0.15) is 11.6 Å². The predicted octanol–water partition coefficient (Wildman–Crippen LogP) is 5.11. The smallest absolute Gasteiger partial charge is 0.326 e. The maximum absolute atomic E-state index is 13.7. The van der Waals surface area contributed by atoms with E-state index in [1.54, 1.807) is 30.3 Å². The predicted molar refractivity (Wildman–Crippen MR) is 128 cm³/mol. The van der Waals surface area contributed by atoms with Crippen LogP contribution in [0.2, 0.25) is 10.0 Å². The molecule has 2 amide bonds. The lowest BCUT2D eigenvalue weighted by Crippen LogP contribution is -2.45. The van der Waals surface area contributed by atoms with Crippen molar-refractivity contribution in [2.45, 2.75) is 25.0 Å². The first-order valence-corrected chi connectivity index (χ1v) is 11.6. The molecule has 4 heterocycles. The summed E-state index contributed by atoms with van der Waals surface area (Å²) in [6.07, 6.45) is 1.06. The van der Waals surface area contributed by atoms with Gasteiger partial charge in [-0.3, -0.25) is 4.90 Å². The minimum Gasteiger partial charge on any atom is -0.351 e. The van der Waals surface area contributed by atoms with Crippen molar-refractivity contribution in [3.8, 4) is 11.3 Å². The van der Waals surface area contributed by atoms with E-state index in [4.69, 9.17) is 28.2 Å². The Bertz CT molecular complexity index is 1250. The van der Waals surface area contributed by atoms with Crippen molar-refractivity contribution in [2.24, 2.45) is 0 Å². The maximum Gasteiger partial charge on any atom is 0.326 e. The second kappa shape index (κ2) is 7.87. The maximum atomic E-state index is 13.7. The lowest BCUT2D eigenvalue weighted by Gasteiger charge is -2.35. The van der Waals surface area contributed by atoms with Crippen molar-refractivity contribution < 1.29 is 9.18 Å². The van der Waals surface area contributed by atoms with Crippen molar-refractivity contribution in [1.82, 2.24) is 15.6 Å². The quantitative estimate of drug-likeness (QED) is 0.543. The molecule has 2 saturated heterocycles. The molecule has 2 fully saturated rings. The summed E-state index contributed by atoms with van der Waals surface area (Å²) in [4.78, 5) is 21.9. The van der Waals surface area contributed by atoms with Crippen LogP contribution >= 0.6 is 23.2 Å². The van der Waals surface area contributed by atoms with Gasteiger partial charge in [-0.1, -0.05) is 29.3 Å². The number of rotatable bonds is 3. The Morgan fingerprint density at radius 1 is 1.09 bits per heavy atom. The monoisotopic (exact) mass is 483 g/mol. The highest BCUT2D eigenvalue weighted by Gasteiger charge is 2.40. The summed E-state index contributed by atoms with van der Waals surface area (Å²) in [6.45, 7) is 2.04. The average Bonchev–Trinajstić information content (AvgIpc) is 3.44. The van der Waals surface area contributed by atoms with E-state index in [9.17, 15) is 9.18 Å². The van der Waals surface area contributed by atoms with Crippen LogP contribution in [0.4, 0.5) is 26.4 Å². The SMILES string of the molecule is O=C1NCc2c(cc(N3CC4CC3CN4)nc2-c2ccc(F)cc2)N1c1c(Cl)cccc1Cl. The first-order chi connectivity index (χ1) is 16.0. The number of fused-ring (bicyclic) bond motifs is 3. The summed E-state index contributed by atoms with van der Waals surface area (Å²) in [5, 5.41) is 7.16. The molecule has 9 heteroatoms. The van der Waals surface area contributed by atoms with Gasteiger partial charge in [0, 0.05) is 48.9 Å². The second-order valence-corrected chi connectivity index (χ2v) is 9.36. The summed E-state index contributed by atoms with van der Waals surface area (Å²) in [5.41, 5.74) is 3.40. The number of anilines is 3. The number of amides is 2. The number of hydrogen-bond acceptors (Lipinski definition) is 4. The Hall–Kier alpha value is -2.87. The van der Waals surface area contributed by atoms with Crippen LogP contribution in [0, 0.1) is 5.82 Å². The highest BCUT2D eigenvalue weighted by atomic mass is 35.5. The zero-order valence-corrected chi connectivity index (χ0v) is 19.0. The number of halogens is 3. The zero-order chi connectivity index (χ0) is 22.7. The normalized spacial score (nSPS) is 21.4. The van der Waals surface area contributed by atoms with Crippen LogP contribution in [0.25, 0.3) is 11.3 Å². The third kappa shape index (κ3) is 3.42. The van der Waals surface area contributed by atoms with Crippen molar-refractivity contribution >= 4 is 46.4 Å². The van der Waals surface area contributed by atoms with Gasteiger partial charge >= 0.3 is 6.03 Å². The van der Waals surface area contributed by atoms with Crippen LogP contribution in [-0.4, -0.2) is 36.2 Å². The van der Waals surface area contributed by atoms with Gasteiger partial charge in [-0.05, 0) is 42.8 Å². The van der Waals surface area contributed by atoms with Gasteiger partial charge < -0.3 is 15.5 Å². The number of benzene rings is 2. The Morgan fingerprint density at radius 3 is 2.52 bits per heavy atom. The number of urea groups is 1. The summed E-state index contributed by atoms with van der Waals surface area (Å²) < 4.78 is 13.7. The molecule has 6 rings (SSSR count). The van der Waals surface area contributed by atoms with Crippen LogP contribution in [0.15, 0.2) is 48.5 Å². The first kappa shape index (κ1) is 20.7. The standard InChI is InChI=1S/C24H20Cl2FN5O/c25-18-2-1-3-19(26)23(18)32-20-9-21(31-12-15-8-16(31)10-28-15)30-22(17(20)11-29-24(32)33)13-4-6-14(27)7-5-13/h1-7,9,15-16,28H,8,10-12H2,(H,29,33). The number of carbonyl (C=O) groups is 1. The molecule has 2 N–H and O–H groups in total. The molecule has 3 aliphatic rings. The number of hydrogen-bond donors (Lipinski definition) is 2. The van der Waals surface area contributed by atoms with E-state index in [-0.39, 0.29) is 11.8 Å². The Morgan fingerprint density at radius 2 is 1.85 bits per heavy atom. The molecule has 0 aliphatic carbocycles. The van der Waals surface area contributed by atoms with Gasteiger partial charge in [0.15, 0.2) is 0 Å². The van der Waals surface area contributed by atoms with Crippen molar-refractivity contribution in [2.75, 3.05) is 22.9 Å². The number of pyridine rings is 1. The Labute approximate surface area is 200 Å². The summed E-state index contributed by atoms with van der Waals surface area (Å²) in [5.74, 6) is 0.467. The average molecular weight is 484 g/mol. The fraction of sp³-hybridized carbons (Fsp3) is 0.250. The number of piperazine rings is 1.